The summed E-state index contributed by atoms with van der Waals surface area (Å²) in [6.07, 6.45) is 2.13. The summed E-state index contributed by atoms with van der Waals surface area (Å²) in [7, 11) is 0. The monoisotopic (exact) mass is 351 g/mol. The molecule has 1 heterocycles. The number of para-hydroxylation sites is 1. The lowest BCUT2D eigenvalue weighted by Crippen LogP contribution is -2.44. The van der Waals surface area contributed by atoms with Gasteiger partial charge in [0.25, 0.3) is 0 Å². The number of aliphatic imine (C=N–C) groups is 1. The van der Waals surface area contributed by atoms with Crippen molar-refractivity contribution in [2.75, 3.05) is 18.4 Å². The first-order chi connectivity index (χ1) is 12.7. The Labute approximate surface area is 156 Å². The summed E-state index contributed by atoms with van der Waals surface area (Å²) in [6, 6.07) is 21.0. The smallest absolute Gasteiger partial charge is 0.190 e. The van der Waals surface area contributed by atoms with Crippen molar-refractivity contribution in [3.05, 3.63) is 66.2 Å². The van der Waals surface area contributed by atoms with Crippen LogP contribution < -0.4 is 16.4 Å². The standard InChI is InChI=1S/C21H29N5/c1-17(23-19-10-6-3-7-11-19)24-21(22)25-20-12-14-26(15-13-20)16-18-8-4-2-5-9-18/h2-11,17,20,23H,12-16H2,1H3,(H3,22,24,25). The van der Waals surface area contributed by atoms with E-state index in [-0.39, 0.29) is 6.17 Å². The first kappa shape index (κ1) is 18.3. The SMILES string of the molecule is CC(NC(N)=NC1CCN(Cc2ccccc2)CC1)Nc1ccccc1. The van der Waals surface area contributed by atoms with Gasteiger partial charge in [-0.2, -0.15) is 0 Å². The van der Waals surface area contributed by atoms with Crippen LogP contribution in [0.25, 0.3) is 0 Å². The maximum Gasteiger partial charge on any atom is 0.190 e. The third-order valence-corrected chi connectivity index (χ3v) is 4.65. The molecule has 0 spiro atoms. The summed E-state index contributed by atoms with van der Waals surface area (Å²) >= 11 is 0. The normalized spacial score (nSPS) is 17.7. The third-order valence-electron chi connectivity index (χ3n) is 4.65. The molecule has 1 atom stereocenters. The number of rotatable bonds is 6. The molecule has 138 valence electrons. The molecule has 1 aliphatic rings. The van der Waals surface area contributed by atoms with Gasteiger partial charge in [-0.25, -0.2) is 4.99 Å². The van der Waals surface area contributed by atoms with Gasteiger partial charge in [0.1, 0.15) is 0 Å². The molecule has 0 aliphatic carbocycles. The van der Waals surface area contributed by atoms with Gasteiger partial charge in [0.2, 0.25) is 0 Å². The molecule has 5 nitrogen and oxygen atoms in total. The number of piperidine rings is 1. The van der Waals surface area contributed by atoms with Gasteiger partial charge in [0, 0.05) is 25.3 Å². The van der Waals surface area contributed by atoms with Gasteiger partial charge in [-0.3, -0.25) is 4.90 Å². The summed E-state index contributed by atoms with van der Waals surface area (Å²) in [5.74, 6) is 0.516. The number of nitrogens with one attached hydrogen (secondary N) is 2. The van der Waals surface area contributed by atoms with E-state index in [0.717, 1.165) is 38.2 Å². The van der Waals surface area contributed by atoms with Crippen LogP contribution >= 0.6 is 0 Å². The zero-order valence-electron chi connectivity index (χ0n) is 15.4. The lowest BCUT2D eigenvalue weighted by atomic mass is 10.0. The van der Waals surface area contributed by atoms with Crippen molar-refractivity contribution < 1.29 is 0 Å². The second-order valence-electron chi connectivity index (χ2n) is 6.88. The Morgan fingerprint density at radius 3 is 2.35 bits per heavy atom. The number of nitrogens with zero attached hydrogens (tertiary/aromatic N) is 2. The minimum Gasteiger partial charge on any atom is -0.370 e. The molecule has 1 saturated heterocycles. The highest BCUT2D eigenvalue weighted by molar-refractivity contribution is 5.78. The Morgan fingerprint density at radius 1 is 1.08 bits per heavy atom. The van der Waals surface area contributed by atoms with Crippen LogP contribution in [-0.2, 0) is 6.54 Å². The van der Waals surface area contributed by atoms with E-state index in [4.69, 9.17) is 5.73 Å². The van der Waals surface area contributed by atoms with Gasteiger partial charge < -0.3 is 16.4 Å². The van der Waals surface area contributed by atoms with E-state index in [1.165, 1.54) is 5.56 Å². The maximum atomic E-state index is 6.10. The van der Waals surface area contributed by atoms with Crippen molar-refractivity contribution in [3.8, 4) is 0 Å². The van der Waals surface area contributed by atoms with Crippen molar-refractivity contribution in [3.63, 3.8) is 0 Å². The molecule has 3 rings (SSSR count). The second kappa shape index (κ2) is 9.25. The third kappa shape index (κ3) is 5.77. The molecule has 0 amide bonds. The Hall–Kier alpha value is -2.53. The van der Waals surface area contributed by atoms with Gasteiger partial charge in [-0.1, -0.05) is 48.5 Å². The van der Waals surface area contributed by atoms with Crippen molar-refractivity contribution >= 4 is 11.6 Å². The first-order valence-electron chi connectivity index (χ1n) is 9.37. The van der Waals surface area contributed by atoms with Crippen LogP contribution in [0.5, 0.6) is 0 Å². The van der Waals surface area contributed by atoms with E-state index in [0.29, 0.717) is 12.0 Å². The number of anilines is 1. The van der Waals surface area contributed by atoms with E-state index in [1.54, 1.807) is 0 Å². The molecule has 0 saturated carbocycles. The Kier molecular flexibility index (Phi) is 6.50. The molecule has 1 unspecified atom stereocenters. The molecular formula is C21H29N5. The molecule has 1 fully saturated rings. The van der Waals surface area contributed by atoms with Gasteiger partial charge in [0.05, 0.1) is 12.2 Å². The number of hydrogen-bond acceptors (Lipinski definition) is 3. The quantitative estimate of drug-likeness (QED) is 0.425. The van der Waals surface area contributed by atoms with Crippen molar-refractivity contribution in [2.24, 2.45) is 10.7 Å². The molecule has 5 heteroatoms. The van der Waals surface area contributed by atoms with Crippen LogP contribution in [0.3, 0.4) is 0 Å². The van der Waals surface area contributed by atoms with E-state index in [1.807, 2.05) is 37.3 Å². The highest BCUT2D eigenvalue weighted by atomic mass is 15.2. The minimum absolute atomic E-state index is 0.0271. The zero-order valence-corrected chi connectivity index (χ0v) is 15.4. The maximum absolute atomic E-state index is 6.10. The van der Waals surface area contributed by atoms with Crippen LogP contribution in [0.15, 0.2) is 65.7 Å². The average molecular weight is 351 g/mol. The Morgan fingerprint density at radius 2 is 1.69 bits per heavy atom. The fraction of sp³-hybridized carbons (Fsp3) is 0.381. The van der Waals surface area contributed by atoms with Gasteiger partial charge in [-0.05, 0) is 37.5 Å². The Bertz CT molecular complexity index is 678. The van der Waals surface area contributed by atoms with E-state index >= 15 is 0 Å². The van der Waals surface area contributed by atoms with Crippen LogP contribution in [0.4, 0.5) is 5.69 Å². The molecule has 2 aromatic rings. The predicted octanol–water partition coefficient (Wildman–Crippen LogP) is 3.01. The lowest BCUT2D eigenvalue weighted by Gasteiger charge is -2.30. The number of guanidine groups is 1. The predicted molar refractivity (Wildman–Crippen MR) is 109 cm³/mol. The van der Waals surface area contributed by atoms with Crippen molar-refractivity contribution in [2.45, 2.75) is 38.5 Å². The molecule has 26 heavy (non-hydrogen) atoms. The van der Waals surface area contributed by atoms with Crippen LogP contribution in [-0.4, -0.2) is 36.2 Å². The largest absolute Gasteiger partial charge is 0.370 e. The fourth-order valence-electron chi connectivity index (χ4n) is 3.32. The zero-order chi connectivity index (χ0) is 18.2. The summed E-state index contributed by atoms with van der Waals surface area (Å²) in [6.45, 7) is 5.18. The molecule has 4 N–H and O–H groups in total. The van der Waals surface area contributed by atoms with Crippen LogP contribution in [0, 0.1) is 0 Å². The molecular weight excluding hydrogens is 322 g/mol. The van der Waals surface area contributed by atoms with Crippen LogP contribution in [0.2, 0.25) is 0 Å². The van der Waals surface area contributed by atoms with E-state index in [2.05, 4.69) is 50.9 Å². The van der Waals surface area contributed by atoms with Crippen LogP contribution in [0.1, 0.15) is 25.3 Å². The second-order valence-corrected chi connectivity index (χ2v) is 6.88. The minimum atomic E-state index is 0.0271. The summed E-state index contributed by atoms with van der Waals surface area (Å²) in [5.41, 5.74) is 8.54. The number of likely N-dealkylation sites (tertiary alicyclic amines) is 1. The number of hydrogen-bond donors (Lipinski definition) is 3. The highest BCUT2D eigenvalue weighted by Crippen LogP contribution is 2.16. The molecule has 2 aromatic carbocycles. The Balaban J connectivity index is 1.42. The fourth-order valence-corrected chi connectivity index (χ4v) is 3.32. The summed E-state index contributed by atoms with van der Waals surface area (Å²) in [5, 5.41) is 6.59. The highest BCUT2D eigenvalue weighted by Gasteiger charge is 2.19. The first-order valence-corrected chi connectivity index (χ1v) is 9.37. The molecule has 1 aliphatic heterocycles. The van der Waals surface area contributed by atoms with E-state index < -0.39 is 0 Å². The lowest BCUT2D eigenvalue weighted by molar-refractivity contribution is 0.206. The number of nitrogens with two attached hydrogens (primary N) is 1. The summed E-state index contributed by atoms with van der Waals surface area (Å²) in [4.78, 5) is 7.17. The molecule has 0 aromatic heterocycles. The average Bonchev–Trinajstić information content (AvgIpc) is 2.65. The summed E-state index contributed by atoms with van der Waals surface area (Å²) < 4.78 is 0. The van der Waals surface area contributed by atoms with Gasteiger partial charge in [-0.15, -0.1) is 0 Å². The number of benzene rings is 2. The van der Waals surface area contributed by atoms with Gasteiger partial charge in [0.15, 0.2) is 5.96 Å². The van der Waals surface area contributed by atoms with Crippen molar-refractivity contribution in [1.82, 2.24) is 10.2 Å². The van der Waals surface area contributed by atoms with E-state index in [9.17, 15) is 0 Å². The van der Waals surface area contributed by atoms with Gasteiger partial charge >= 0.3 is 0 Å². The molecule has 0 bridgehead atoms. The molecule has 0 radical (unpaired) electrons. The van der Waals surface area contributed by atoms with Crippen molar-refractivity contribution in [1.29, 1.82) is 0 Å². The topological polar surface area (TPSA) is 65.7 Å².